The lowest BCUT2D eigenvalue weighted by atomic mass is 9.77. The molecule has 0 saturated heterocycles. The Hall–Kier alpha value is -2.60. The molecule has 1 aliphatic carbocycles. The summed E-state index contributed by atoms with van der Waals surface area (Å²) >= 11 is 0. The molecule has 0 unspecified atom stereocenters. The van der Waals surface area contributed by atoms with Gasteiger partial charge in [0.15, 0.2) is 0 Å². The highest BCUT2D eigenvalue weighted by atomic mass is 14.3. The number of rotatable bonds is 6. The Labute approximate surface area is 182 Å². The van der Waals surface area contributed by atoms with Gasteiger partial charge in [-0.15, -0.1) is 0 Å². The van der Waals surface area contributed by atoms with Crippen molar-refractivity contribution >= 4 is 16.8 Å². The second-order valence-corrected chi connectivity index (χ2v) is 8.81. The van der Waals surface area contributed by atoms with E-state index in [0.717, 1.165) is 11.8 Å². The van der Waals surface area contributed by atoms with E-state index in [2.05, 4.69) is 98.8 Å². The number of hydrogen-bond donors (Lipinski definition) is 0. The Bertz CT molecular complexity index is 1010. The van der Waals surface area contributed by atoms with Gasteiger partial charge >= 0.3 is 0 Å². The van der Waals surface area contributed by atoms with Crippen molar-refractivity contribution in [2.45, 2.75) is 58.3 Å². The quantitative estimate of drug-likeness (QED) is 0.365. The lowest BCUT2D eigenvalue weighted by molar-refractivity contribution is 0.312. The summed E-state index contributed by atoms with van der Waals surface area (Å²) < 4.78 is 0. The second kappa shape index (κ2) is 9.94. The summed E-state index contributed by atoms with van der Waals surface area (Å²) in [6.07, 6.45) is 16.9. The molecule has 0 spiro atoms. The van der Waals surface area contributed by atoms with Crippen LogP contribution in [0.5, 0.6) is 0 Å². The lowest BCUT2D eigenvalue weighted by Crippen LogP contribution is -2.13. The molecule has 1 aliphatic rings. The van der Waals surface area contributed by atoms with E-state index in [4.69, 9.17) is 0 Å². The zero-order valence-corrected chi connectivity index (χ0v) is 18.5. The van der Waals surface area contributed by atoms with Crippen LogP contribution in [0.3, 0.4) is 0 Å². The molecule has 0 aromatic heterocycles. The van der Waals surface area contributed by atoms with Gasteiger partial charge in [0.1, 0.15) is 0 Å². The first kappa shape index (κ1) is 20.7. The zero-order valence-electron chi connectivity index (χ0n) is 18.5. The molecular weight excluding hydrogens is 360 g/mol. The third kappa shape index (κ3) is 4.93. The predicted octanol–water partition coefficient (Wildman–Crippen LogP) is 9.17. The smallest absolute Gasteiger partial charge is 0.0162 e. The molecule has 0 heteroatoms. The van der Waals surface area contributed by atoms with Crippen molar-refractivity contribution in [2.75, 3.05) is 0 Å². The van der Waals surface area contributed by atoms with Crippen molar-refractivity contribution in [1.29, 1.82) is 0 Å². The molecular formula is C30H34. The summed E-state index contributed by atoms with van der Waals surface area (Å²) in [7, 11) is 0. The largest absolute Gasteiger partial charge is 0.0917 e. The van der Waals surface area contributed by atoms with Crippen LogP contribution in [0.25, 0.3) is 28.0 Å². The first-order valence-corrected chi connectivity index (χ1v) is 11.6. The van der Waals surface area contributed by atoms with Crippen molar-refractivity contribution in [2.24, 2.45) is 5.92 Å². The maximum atomic E-state index is 2.37. The van der Waals surface area contributed by atoms with Gasteiger partial charge in [-0.05, 0) is 109 Å². The first-order valence-electron chi connectivity index (χ1n) is 11.6. The molecule has 0 aliphatic heterocycles. The fourth-order valence-corrected chi connectivity index (χ4v) is 4.97. The minimum atomic E-state index is 0.749. The van der Waals surface area contributed by atoms with Crippen LogP contribution >= 0.6 is 0 Å². The molecule has 0 bridgehead atoms. The summed E-state index contributed by atoms with van der Waals surface area (Å²) in [6.45, 7) is 4.19. The Morgan fingerprint density at radius 3 is 2.17 bits per heavy atom. The highest BCUT2D eigenvalue weighted by Gasteiger charge is 2.21. The van der Waals surface area contributed by atoms with Crippen LogP contribution in [-0.4, -0.2) is 0 Å². The van der Waals surface area contributed by atoms with E-state index in [1.165, 1.54) is 71.6 Å². The molecule has 1 saturated carbocycles. The number of fused-ring (bicyclic) bond motifs is 1. The molecule has 3 aromatic carbocycles. The maximum absolute atomic E-state index is 2.37. The van der Waals surface area contributed by atoms with Gasteiger partial charge in [0.05, 0.1) is 0 Å². The zero-order chi connectivity index (χ0) is 20.8. The monoisotopic (exact) mass is 394 g/mol. The number of hydrogen-bond acceptors (Lipinski definition) is 0. The van der Waals surface area contributed by atoms with Crippen LogP contribution in [0.1, 0.15) is 69.4 Å². The van der Waals surface area contributed by atoms with Gasteiger partial charge in [-0.1, -0.05) is 72.8 Å². The van der Waals surface area contributed by atoms with E-state index < -0.39 is 0 Å². The molecule has 0 atom stereocenters. The minimum absolute atomic E-state index is 0.749. The lowest BCUT2D eigenvalue weighted by Gasteiger charge is -2.28. The van der Waals surface area contributed by atoms with Gasteiger partial charge in [0.2, 0.25) is 0 Å². The van der Waals surface area contributed by atoms with Gasteiger partial charge in [0, 0.05) is 0 Å². The highest BCUT2D eigenvalue weighted by Crippen LogP contribution is 2.38. The average Bonchev–Trinajstić information content (AvgIpc) is 2.80. The van der Waals surface area contributed by atoms with E-state index >= 15 is 0 Å². The highest BCUT2D eigenvalue weighted by molar-refractivity contribution is 5.89. The summed E-state index contributed by atoms with van der Waals surface area (Å²) in [4.78, 5) is 0. The summed E-state index contributed by atoms with van der Waals surface area (Å²) in [5.74, 6) is 1.68. The Morgan fingerprint density at radius 1 is 0.733 bits per heavy atom. The number of benzene rings is 3. The van der Waals surface area contributed by atoms with E-state index in [-0.39, 0.29) is 0 Å². The predicted molar refractivity (Wildman–Crippen MR) is 133 cm³/mol. The second-order valence-electron chi connectivity index (χ2n) is 8.81. The average molecular weight is 395 g/mol. The van der Waals surface area contributed by atoms with Crippen molar-refractivity contribution in [3.05, 3.63) is 90.0 Å². The van der Waals surface area contributed by atoms with Crippen LogP contribution < -0.4 is 0 Å². The molecule has 4 rings (SSSR count). The van der Waals surface area contributed by atoms with Crippen molar-refractivity contribution in [3.8, 4) is 11.1 Å². The fraction of sp³-hybridized carbons (Fsp3) is 0.333. The Balaban J connectivity index is 1.43. The van der Waals surface area contributed by atoms with E-state index in [0.29, 0.717) is 0 Å². The third-order valence-electron chi connectivity index (χ3n) is 6.76. The molecule has 0 nitrogen and oxygen atoms in total. The van der Waals surface area contributed by atoms with Crippen LogP contribution in [0, 0.1) is 5.92 Å². The standard InChI is InChI=1S/C30H34/c1-3-5-6-8-23-9-12-25(13-10-23)26-15-17-27(18-16-26)29-20-19-28-21-24(7-4-2)11-14-30(28)22-29/h3-5,7,11,14-23,25H,6,8-10,12-13H2,1-2H3/b5-3+,7-4+. The van der Waals surface area contributed by atoms with Crippen LogP contribution in [0.2, 0.25) is 0 Å². The first-order chi connectivity index (χ1) is 14.8. The fourth-order valence-electron chi connectivity index (χ4n) is 4.97. The van der Waals surface area contributed by atoms with Gasteiger partial charge in [-0.3, -0.25) is 0 Å². The molecule has 0 heterocycles. The van der Waals surface area contributed by atoms with Gasteiger partial charge < -0.3 is 0 Å². The van der Waals surface area contributed by atoms with Crippen molar-refractivity contribution in [1.82, 2.24) is 0 Å². The molecule has 1 fully saturated rings. The maximum Gasteiger partial charge on any atom is -0.0162 e. The molecule has 0 N–H and O–H groups in total. The van der Waals surface area contributed by atoms with E-state index in [1.54, 1.807) is 0 Å². The SMILES string of the molecule is C/C=C/CCC1CCC(c2ccc(-c3ccc4cc(/C=C/C)ccc4c3)cc2)CC1. The molecule has 154 valence electrons. The van der Waals surface area contributed by atoms with E-state index in [1.807, 2.05) is 0 Å². The Morgan fingerprint density at radius 2 is 1.43 bits per heavy atom. The third-order valence-corrected chi connectivity index (χ3v) is 6.76. The summed E-state index contributed by atoms with van der Waals surface area (Å²) in [6, 6.07) is 22.9. The van der Waals surface area contributed by atoms with Crippen molar-refractivity contribution < 1.29 is 0 Å². The van der Waals surface area contributed by atoms with Crippen LogP contribution in [0.4, 0.5) is 0 Å². The van der Waals surface area contributed by atoms with Gasteiger partial charge in [0.25, 0.3) is 0 Å². The summed E-state index contributed by atoms with van der Waals surface area (Å²) in [5.41, 5.74) is 5.42. The minimum Gasteiger partial charge on any atom is -0.0917 e. The molecule has 0 amide bonds. The number of allylic oxidation sites excluding steroid dienone is 3. The van der Waals surface area contributed by atoms with Crippen LogP contribution in [0.15, 0.2) is 78.9 Å². The normalized spacial score (nSPS) is 19.8. The topological polar surface area (TPSA) is 0 Å². The van der Waals surface area contributed by atoms with Gasteiger partial charge in [-0.25, -0.2) is 0 Å². The van der Waals surface area contributed by atoms with E-state index in [9.17, 15) is 0 Å². The van der Waals surface area contributed by atoms with Crippen molar-refractivity contribution in [3.63, 3.8) is 0 Å². The van der Waals surface area contributed by atoms with Gasteiger partial charge in [-0.2, -0.15) is 0 Å². The molecule has 3 aromatic rings. The molecule has 0 radical (unpaired) electrons. The van der Waals surface area contributed by atoms with Crippen LogP contribution in [-0.2, 0) is 0 Å². The molecule has 30 heavy (non-hydrogen) atoms. The Kier molecular flexibility index (Phi) is 6.84. The summed E-state index contributed by atoms with van der Waals surface area (Å²) in [5, 5.41) is 2.61.